The molecule has 0 radical (unpaired) electrons. The van der Waals surface area contributed by atoms with Gasteiger partial charge in [-0.15, -0.1) is 11.8 Å². The first kappa shape index (κ1) is 23.5. The molecule has 0 aliphatic carbocycles. The zero-order valence-electron chi connectivity index (χ0n) is 15.2. The Morgan fingerprint density at radius 3 is 2.25 bits per heavy atom. The van der Waals surface area contributed by atoms with E-state index in [1.165, 1.54) is 36.5 Å². The number of carbonyl (C=O) groups excluding carboxylic acids is 1. The molecule has 1 aromatic carbocycles. The zero-order valence-corrected chi connectivity index (χ0v) is 17.6. The van der Waals surface area contributed by atoms with Gasteiger partial charge < -0.3 is 0 Å². The number of hydrogen-bond acceptors (Lipinski definition) is 7. The first-order valence-corrected chi connectivity index (χ1v) is 11.1. The normalized spacial score (nSPS) is 18.1. The summed E-state index contributed by atoms with van der Waals surface area (Å²) in [4.78, 5) is 12.6. The van der Waals surface area contributed by atoms with Crippen LogP contribution in [0.2, 0.25) is 0 Å². The van der Waals surface area contributed by atoms with Gasteiger partial charge in [-0.05, 0) is 62.7 Å². The van der Waals surface area contributed by atoms with E-state index in [4.69, 9.17) is 9.49 Å². The number of nitrogens with zero attached hydrogens (tertiary/aromatic N) is 1. The van der Waals surface area contributed by atoms with Crippen molar-refractivity contribution in [2.24, 2.45) is 0 Å². The Labute approximate surface area is 172 Å². The average molecular weight is 459 g/mol. The molecule has 1 atom stereocenters. The topological polar surface area (TPSA) is 78.9 Å². The Balaban J connectivity index is 1.81. The van der Waals surface area contributed by atoms with Crippen LogP contribution in [0, 0.1) is 0 Å². The second-order valence-corrected chi connectivity index (χ2v) is 10.7. The lowest BCUT2D eigenvalue weighted by Gasteiger charge is -2.31. The van der Waals surface area contributed by atoms with Crippen molar-refractivity contribution in [1.29, 1.82) is 0 Å². The highest BCUT2D eigenvalue weighted by Gasteiger charge is 2.38. The minimum absolute atomic E-state index is 0.138. The first-order valence-electron chi connectivity index (χ1n) is 8.33. The minimum Gasteiger partial charge on any atom is -0.289 e. The largest absolute Gasteiger partial charge is 0.446 e. The van der Waals surface area contributed by atoms with Crippen LogP contribution in [-0.4, -0.2) is 49.0 Å². The molecule has 1 amide bonds. The van der Waals surface area contributed by atoms with Gasteiger partial charge in [-0.2, -0.15) is 22.5 Å². The van der Waals surface area contributed by atoms with E-state index >= 15 is 0 Å². The predicted molar refractivity (Wildman–Crippen MR) is 102 cm³/mol. The molecule has 1 aliphatic rings. The van der Waals surface area contributed by atoms with Crippen LogP contribution in [-0.2, 0) is 20.2 Å². The van der Waals surface area contributed by atoms with E-state index in [1.54, 1.807) is 23.9 Å². The van der Waals surface area contributed by atoms with Crippen LogP contribution >= 0.6 is 23.5 Å². The maximum Gasteiger partial charge on any atom is 0.446 e. The number of nitrogens with one attached hydrogen (secondary N) is 1. The van der Waals surface area contributed by atoms with Crippen molar-refractivity contribution >= 4 is 40.5 Å². The molecule has 0 spiro atoms. The average Bonchev–Trinajstić information content (AvgIpc) is 2.63. The fraction of sp³-hybridized carbons (Fsp3) is 0.562. The summed E-state index contributed by atoms with van der Waals surface area (Å²) in [5.74, 6) is -0.802. The third-order valence-electron chi connectivity index (χ3n) is 4.00. The Kier molecular flexibility index (Phi) is 8.23. The van der Waals surface area contributed by atoms with Gasteiger partial charge >= 0.3 is 5.51 Å². The highest BCUT2D eigenvalue weighted by Crippen LogP contribution is 2.38. The third-order valence-corrected chi connectivity index (χ3v) is 7.45. The summed E-state index contributed by atoms with van der Waals surface area (Å²) in [6.45, 7) is 3.81. The van der Waals surface area contributed by atoms with Crippen molar-refractivity contribution in [2.45, 2.75) is 52.0 Å². The van der Waals surface area contributed by atoms with Crippen LogP contribution in [0.5, 0.6) is 0 Å². The van der Waals surface area contributed by atoms with Gasteiger partial charge in [0.15, 0.2) is 11.1 Å². The van der Waals surface area contributed by atoms with E-state index in [0.29, 0.717) is 13.1 Å². The smallest absolute Gasteiger partial charge is 0.289 e. The molecule has 1 fully saturated rings. The lowest BCUT2D eigenvalue weighted by molar-refractivity contribution is -0.131. The number of hydroxylamine groups is 3. The van der Waals surface area contributed by atoms with E-state index < -0.39 is 27.2 Å². The van der Waals surface area contributed by atoms with Gasteiger partial charge in [-0.25, -0.2) is 9.69 Å². The summed E-state index contributed by atoms with van der Waals surface area (Å²) >= 11 is -0.523. The zero-order chi connectivity index (χ0) is 20.9. The fourth-order valence-corrected chi connectivity index (χ4v) is 4.72. The highest BCUT2D eigenvalue weighted by atomic mass is 32.2. The number of amides is 1. The molecule has 1 aliphatic heterocycles. The quantitative estimate of drug-likeness (QED) is 0.366. The van der Waals surface area contributed by atoms with Gasteiger partial charge in [0.05, 0.1) is 0 Å². The number of hydrogen-bond donors (Lipinski definition) is 2. The van der Waals surface area contributed by atoms with E-state index in [1.807, 2.05) is 0 Å². The molecule has 0 saturated carbocycles. The second kappa shape index (κ2) is 9.81. The molecule has 28 heavy (non-hydrogen) atoms. The summed E-state index contributed by atoms with van der Waals surface area (Å²) < 4.78 is 53.3. The molecule has 1 unspecified atom stereocenters. The van der Waals surface area contributed by atoms with Crippen molar-refractivity contribution < 1.29 is 31.7 Å². The molecule has 12 heteroatoms. The predicted octanol–water partition coefficient (Wildman–Crippen LogP) is 3.73. The van der Waals surface area contributed by atoms with Crippen molar-refractivity contribution in [3.8, 4) is 0 Å². The Morgan fingerprint density at radius 1 is 1.21 bits per heavy atom. The van der Waals surface area contributed by atoms with Crippen molar-refractivity contribution in [3.05, 3.63) is 24.3 Å². The molecule has 1 saturated heterocycles. The molecule has 6 nitrogen and oxygen atoms in total. The van der Waals surface area contributed by atoms with Gasteiger partial charge in [-0.1, -0.05) is 0 Å². The van der Waals surface area contributed by atoms with Crippen LogP contribution in [0.4, 0.5) is 13.2 Å². The van der Waals surface area contributed by atoms with Crippen molar-refractivity contribution in [3.63, 3.8) is 0 Å². The van der Waals surface area contributed by atoms with Gasteiger partial charge in [0.1, 0.15) is 4.75 Å². The van der Waals surface area contributed by atoms with Crippen molar-refractivity contribution in [2.75, 3.05) is 13.1 Å². The highest BCUT2D eigenvalue weighted by molar-refractivity contribution is 8.00. The molecule has 0 bridgehead atoms. The number of benzene rings is 1. The van der Waals surface area contributed by atoms with Gasteiger partial charge in [-0.3, -0.25) is 10.0 Å². The molecule has 2 N–H and O–H groups in total. The number of thioether (sulfide) groups is 2. The van der Waals surface area contributed by atoms with Gasteiger partial charge in [0.2, 0.25) is 0 Å². The Hall–Kier alpha value is -0.790. The lowest BCUT2D eigenvalue weighted by atomic mass is 10.2. The molecule has 158 valence electrons. The number of halogens is 3. The molecular weight excluding hydrogens is 437 g/mol. The van der Waals surface area contributed by atoms with E-state index in [-0.39, 0.29) is 21.9 Å². The first-order chi connectivity index (χ1) is 13.0. The third kappa shape index (κ3) is 6.92. The van der Waals surface area contributed by atoms with Crippen LogP contribution in [0.1, 0.15) is 26.7 Å². The number of rotatable bonds is 7. The lowest BCUT2D eigenvalue weighted by Crippen LogP contribution is -2.47. The summed E-state index contributed by atoms with van der Waals surface area (Å²) in [6.07, 6.45) is 1.46. The van der Waals surface area contributed by atoms with E-state index in [0.717, 1.165) is 17.7 Å². The summed E-state index contributed by atoms with van der Waals surface area (Å²) in [5.41, 5.74) is -2.82. The van der Waals surface area contributed by atoms with Gasteiger partial charge in [0.25, 0.3) is 5.91 Å². The van der Waals surface area contributed by atoms with E-state index in [9.17, 15) is 22.2 Å². The fourth-order valence-electron chi connectivity index (χ4n) is 2.34. The van der Waals surface area contributed by atoms with Crippen LogP contribution in [0.15, 0.2) is 34.1 Å². The molecular formula is C16H21F3N2O4S3. The van der Waals surface area contributed by atoms with Gasteiger partial charge in [0, 0.05) is 28.1 Å². The maximum absolute atomic E-state index is 12.4. The number of piperidine rings is 1. The summed E-state index contributed by atoms with van der Waals surface area (Å²) in [7, 11) is 0. The maximum atomic E-state index is 12.4. The number of alkyl halides is 3. The van der Waals surface area contributed by atoms with Crippen LogP contribution < -0.4 is 5.48 Å². The molecule has 2 rings (SSSR count). The molecule has 1 aromatic rings. The molecule has 0 aromatic heterocycles. The van der Waals surface area contributed by atoms with Crippen molar-refractivity contribution in [1.82, 2.24) is 10.5 Å². The number of carbonyl (C=O) groups is 1. The van der Waals surface area contributed by atoms with Crippen LogP contribution in [0.25, 0.3) is 0 Å². The minimum atomic E-state index is -4.30. The SMILES string of the molecule is CC(C)(C(=O)NO)S(=O)ON1CCC(Sc2ccc(SC(F)(F)F)cc2)CC1. The van der Waals surface area contributed by atoms with E-state index in [2.05, 4.69) is 0 Å². The van der Waals surface area contributed by atoms with Crippen LogP contribution in [0.3, 0.4) is 0 Å². The monoisotopic (exact) mass is 458 g/mol. The Morgan fingerprint density at radius 2 is 1.75 bits per heavy atom. The standard InChI is InChI=1S/C16H21F3N2O4S3/c1-15(2,14(22)20-23)28(24)25-21-9-7-12(8-10-21)26-11-3-5-13(6-4-11)27-16(17,18)19/h3-6,12,23H,7-10H2,1-2H3,(H,20,22). The summed E-state index contributed by atoms with van der Waals surface area (Å²) in [6, 6.07) is 6.26. The molecule has 1 heterocycles. The Bertz CT molecular complexity index is 693. The second-order valence-electron chi connectivity index (χ2n) is 6.53. The summed E-state index contributed by atoms with van der Waals surface area (Å²) in [5, 5.41) is 10.5.